The van der Waals surface area contributed by atoms with Gasteiger partial charge in [-0.25, -0.2) is 0 Å². The third-order valence-corrected chi connectivity index (χ3v) is 6.64. The van der Waals surface area contributed by atoms with E-state index >= 15 is 0 Å². The van der Waals surface area contributed by atoms with Crippen LogP contribution in [0.15, 0.2) is 23.8 Å². The molecule has 2 atom stereocenters. The predicted molar refractivity (Wildman–Crippen MR) is 123 cm³/mol. The molecule has 5 nitrogen and oxygen atoms in total. The van der Waals surface area contributed by atoms with E-state index in [1.165, 1.54) is 5.57 Å². The summed E-state index contributed by atoms with van der Waals surface area (Å²) in [6.45, 7) is 8.70. The Hall–Kier alpha value is -2.30. The van der Waals surface area contributed by atoms with Crippen LogP contribution in [0.4, 0.5) is 0 Å². The van der Waals surface area contributed by atoms with Crippen molar-refractivity contribution in [2.45, 2.75) is 90.6 Å². The van der Waals surface area contributed by atoms with Crippen LogP contribution in [0, 0.1) is 5.92 Å². The molecule has 1 aliphatic carbocycles. The summed E-state index contributed by atoms with van der Waals surface area (Å²) in [4.78, 5) is 24.1. The fourth-order valence-electron chi connectivity index (χ4n) is 4.88. The largest absolute Gasteiger partial charge is 0.487 e. The van der Waals surface area contributed by atoms with Crippen LogP contribution in [0.25, 0.3) is 0 Å². The molecule has 0 bridgehead atoms. The molecule has 1 aromatic carbocycles. The average molecular weight is 428 g/mol. The highest BCUT2D eigenvalue weighted by Crippen LogP contribution is 2.53. The zero-order valence-corrected chi connectivity index (χ0v) is 19.7. The van der Waals surface area contributed by atoms with Crippen LogP contribution in [0.2, 0.25) is 0 Å². The smallest absolute Gasteiger partial charge is 0.311 e. The van der Waals surface area contributed by atoms with Crippen molar-refractivity contribution in [2.24, 2.45) is 5.92 Å². The van der Waals surface area contributed by atoms with Crippen molar-refractivity contribution in [2.75, 3.05) is 7.05 Å². The summed E-state index contributed by atoms with van der Waals surface area (Å²) in [6, 6.07) is 4.16. The molecule has 31 heavy (non-hydrogen) atoms. The third kappa shape index (κ3) is 5.50. The van der Waals surface area contributed by atoms with Crippen LogP contribution in [-0.4, -0.2) is 24.5 Å². The third-order valence-electron chi connectivity index (χ3n) is 6.64. The molecule has 3 rings (SSSR count). The molecule has 0 aromatic heterocycles. The number of hydrogen-bond acceptors (Lipinski definition) is 4. The number of hydrogen-bond donors (Lipinski definition) is 1. The number of esters is 1. The molecular formula is C26H37NO4. The SMILES string of the molecule is CCCCCc1cc(OC(=O)CCC(=O)NC)c2c(c1)OC(C)(C)[C@@H]1CCC(C)=C[C@@H]21. The van der Waals surface area contributed by atoms with Gasteiger partial charge < -0.3 is 14.8 Å². The summed E-state index contributed by atoms with van der Waals surface area (Å²) in [5.74, 6) is 1.39. The molecule has 5 heteroatoms. The molecule has 2 aliphatic rings. The number of ether oxygens (including phenoxy) is 2. The first-order valence-corrected chi connectivity index (χ1v) is 11.7. The maximum atomic E-state index is 12.6. The molecule has 1 aliphatic heterocycles. The summed E-state index contributed by atoms with van der Waals surface area (Å²) < 4.78 is 12.4. The van der Waals surface area contributed by atoms with E-state index in [2.05, 4.69) is 45.2 Å². The molecule has 0 spiro atoms. The van der Waals surface area contributed by atoms with Crippen molar-refractivity contribution in [3.8, 4) is 11.5 Å². The molecule has 0 fully saturated rings. The highest BCUT2D eigenvalue weighted by molar-refractivity contribution is 5.82. The number of carbonyl (C=O) groups excluding carboxylic acids is 2. The van der Waals surface area contributed by atoms with E-state index < -0.39 is 0 Å². The first-order valence-electron chi connectivity index (χ1n) is 11.7. The topological polar surface area (TPSA) is 64.6 Å². The van der Waals surface area contributed by atoms with E-state index in [9.17, 15) is 9.59 Å². The molecular weight excluding hydrogens is 390 g/mol. The number of aryl methyl sites for hydroxylation is 1. The summed E-state index contributed by atoms with van der Waals surface area (Å²) >= 11 is 0. The van der Waals surface area contributed by atoms with Crippen molar-refractivity contribution >= 4 is 11.9 Å². The van der Waals surface area contributed by atoms with E-state index in [0.29, 0.717) is 11.7 Å². The Morgan fingerprint density at radius 1 is 1.23 bits per heavy atom. The van der Waals surface area contributed by atoms with Crippen LogP contribution in [0.3, 0.4) is 0 Å². The number of nitrogens with one attached hydrogen (secondary N) is 1. The molecule has 1 amide bonds. The van der Waals surface area contributed by atoms with Crippen LogP contribution in [-0.2, 0) is 16.0 Å². The lowest BCUT2D eigenvalue weighted by Crippen LogP contribution is -2.45. The van der Waals surface area contributed by atoms with Crippen molar-refractivity contribution in [1.82, 2.24) is 5.32 Å². The molecule has 0 unspecified atom stereocenters. The highest BCUT2D eigenvalue weighted by atomic mass is 16.5. The summed E-state index contributed by atoms with van der Waals surface area (Å²) in [5.41, 5.74) is 3.20. The first kappa shape index (κ1) is 23.4. The van der Waals surface area contributed by atoms with Gasteiger partial charge in [0.25, 0.3) is 0 Å². The molecule has 0 saturated heterocycles. The van der Waals surface area contributed by atoms with Gasteiger partial charge in [0.15, 0.2) is 0 Å². The van der Waals surface area contributed by atoms with E-state index in [-0.39, 0.29) is 36.2 Å². The number of allylic oxidation sites excluding steroid dienone is 2. The lowest BCUT2D eigenvalue weighted by Gasteiger charge is -2.46. The van der Waals surface area contributed by atoms with Crippen LogP contribution in [0.1, 0.15) is 89.7 Å². The molecule has 1 aromatic rings. The lowest BCUT2D eigenvalue weighted by molar-refractivity contribution is -0.136. The zero-order valence-electron chi connectivity index (χ0n) is 19.7. The van der Waals surface area contributed by atoms with Gasteiger partial charge in [-0.15, -0.1) is 0 Å². The number of unbranched alkanes of at least 4 members (excludes halogenated alkanes) is 2. The maximum absolute atomic E-state index is 12.6. The van der Waals surface area contributed by atoms with Gasteiger partial charge in [-0.2, -0.15) is 0 Å². The zero-order chi connectivity index (χ0) is 22.6. The minimum atomic E-state index is -0.380. The second-order valence-corrected chi connectivity index (χ2v) is 9.50. The van der Waals surface area contributed by atoms with Crippen molar-refractivity contribution < 1.29 is 19.1 Å². The Morgan fingerprint density at radius 3 is 2.71 bits per heavy atom. The molecule has 0 saturated carbocycles. The van der Waals surface area contributed by atoms with Gasteiger partial charge in [0.05, 0.1) is 6.42 Å². The normalized spacial score (nSPS) is 21.3. The summed E-state index contributed by atoms with van der Waals surface area (Å²) in [5, 5.41) is 2.55. The van der Waals surface area contributed by atoms with Crippen LogP contribution >= 0.6 is 0 Å². The van der Waals surface area contributed by atoms with Crippen molar-refractivity contribution in [1.29, 1.82) is 0 Å². The Kier molecular flexibility index (Phi) is 7.45. The van der Waals surface area contributed by atoms with Gasteiger partial charge in [0.2, 0.25) is 5.91 Å². The Bertz CT molecular complexity index is 855. The standard InChI is InChI=1S/C26H37NO4/c1-6-7-8-9-18-15-21(30-24(29)13-12-23(28)27-5)25-19-14-17(2)10-11-20(19)26(3,4)31-22(25)16-18/h14-16,19-20H,6-13H2,1-5H3,(H,27,28)/t19-,20-/m1/s1. The average Bonchev–Trinajstić information content (AvgIpc) is 2.71. The number of carbonyl (C=O) groups is 2. The second-order valence-electron chi connectivity index (χ2n) is 9.50. The monoisotopic (exact) mass is 427 g/mol. The fourth-order valence-corrected chi connectivity index (χ4v) is 4.88. The van der Waals surface area contributed by atoms with E-state index in [0.717, 1.165) is 55.4 Å². The number of amides is 1. The number of benzene rings is 1. The Morgan fingerprint density at radius 2 is 2.00 bits per heavy atom. The van der Waals surface area contributed by atoms with E-state index in [4.69, 9.17) is 9.47 Å². The van der Waals surface area contributed by atoms with Gasteiger partial charge in [-0.1, -0.05) is 31.4 Å². The first-order chi connectivity index (χ1) is 14.7. The van der Waals surface area contributed by atoms with Crippen LogP contribution < -0.4 is 14.8 Å². The second kappa shape index (κ2) is 9.88. The molecule has 170 valence electrons. The van der Waals surface area contributed by atoms with Crippen LogP contribution in [0.5, 0.6) is 11.5 Å². The molecule has 1 N–H and O–H groups in total. The minimum Gasteiger partial charge on any atom is -0.487 e. The van der Waals surface area contributed by atoms with Gasteiger partial charge in [0.1, 0.15) is 17.1 Å². The minimum absolute atomic E-state index is 0.0593. The summed E-state index contributed by atoms with van der Waals surface area (Å²) in [7, 11) is 1.57. The van der Waals surface area contributed by atoms with Gasteiger partial charge in [-0.05, 0) is 64.2 Å². The number of fused-ring (bicyclic) bond motifs is 3. The van der Waals surface area contributed by atoms with Gasteiger partial charge >= 0.3 is 5.97 Å². The van der Waals surface area contributed by atoms with Crippen molar-refractivity contribution in [3.05, 3.63) is 34.9 Å². The molecule has 0 radical (unpaired) electrons. The van der Waals surface area contributed by atoms with E-state index in [1.54, 1.807) is 7.05 Å². The van der Waals surface area contributed by atoms with Gasteiger partial charge in [0, 0.05) is 30.9 Å². The predicted octanol–water partition coefficient (Wildman–Crippen LogP) is 5.46. The Labute approximate surface area is 186 Å². The summed E-state index contributed by atoms with van der Waals surface area (Å²) in [6.07, 6.45) is 8.98. The molecule has 1 heterocycles. The van der Waals surface area contributed by atoms with Crippen molar-refractivity contribution in [3.63, 3.8) is 0 Å². The fraction of sp³-hybridized carbons (Fsp3) is 0.615. The lowest BCUT2D eigenvalue weighted by atomic mass is 9.68. The maximum Gasteiger partial charge on any atom is 0.311 e. The quantitative estimate of drug-likeness (QED) is 0.259. The number of rotatable bonds is 8. The van der Waals surface area contributed by atoms with E-state index in [1.807, 2.05) is 6.07 Å². The Balaban J connectivity index is 1.97. The highest BCUT2D eigenvalue weighted by Gasteiger charge is 2.45. The van der Waals surface area contributed by atoms with Gasteiger partial charge in [-0.3, -0.25) is 9.59 Å².